The zero-order valence-corrected chi connectivity index (χ0v) is 12.1. The van der Waals surface area contributed by atoms with Crippen LogP contribution >= 0.6 is 0 Å². The van der Waals surface area contributed by atoms with Crippen LogP contribution in [0.4, 0.5) is 16.2 Å². The first-order valence-electron chi connectivity index (χ1n) is 7.36. The third kappa shape index (κ3) is 2.96. The first kappa shape index (κ1) is 13.8. The van der Waals surface area contributed by atoms with E-state index in [2.05, 4.69) is 34.3 Å². The lowest BCUT2D eigenvalue weighted by Crippen LogP contribution is -2.32. The van der Waals surface area contributed by atoms with Crippen LogP contribution < -0.4 is 10.2 Å². The maximum Gasteiger partial charge on any atom is 0.224 e. The van der Waals surface area contributed by atoms with Crippen molar-refractivity contribution in [3.63, 3.8) is 0 Å². The fourth-order valence-electron chi connectivity index (χ4n) is 2.58. The van der Waals surface area contributed by atoms with Gasteiger partial charge in [-0.1, -0.05) is 31.2 Å². The Morgan fingerprint density at radius 2 is 2.10 bits per heavy atom. The number of nitrogens with zero attached hydrogens (tertiary/aromatic N) is 3. The molecule has 0 aliphatic carbocycles. The number of benzene rings is 1. The highest BCUT2D eigenvalue weighted by Crippen LogP contribution is 2.25. The molecular weight excluding hydrogens is 267 g/mol. The molecular formula is C16H19FN4. The monoisotopic (exact) mass is 286 g/mol. The molecule has 0 amide bonds. The Labute approximate surface area is 124 Å². The Morgan fingerprint density at radius 1 is 1.29 bits per heavy atom. The Morgan fingerprint density at radius 3 is 2.90 bits per heavy atom. The van der Waals surface area contributed by atoms with Crippen molar-refractivity contribution in [1.29, 1.82) is 0 Å². The molecule has 0 fully saturated rings. The van der Waals surface area contributed by atoms with Gasteiger partial charge in [0.1, 0.15) is 0 Å². The van der Waals surface area contributed by atoms with Crippen molar-refractivity contribution in [2.45, 2.75) is 26.3 Å². The molecule has 0 radical (unpaired) electrons. The molecule has 1 aliphatic rings. The minimum atomic E-state index is -0.364. The maximum absolute atomic E-state index is 14.1. The van der Waals surface area contributed by atoms with E-state index in [4.69, 9.17) is 0 Å². The highest BCUT2D eigenvalue weighted by atomic mass is 19.1. The second-order valence-corrected chi connectivity index (χ2v) is 5.23. The van der Waals surface area contributed by atoms with Crippen molar-refractivity contribution < 1.29 is 4.39 Å². The van der Waals surface area contributed by atoms with Crippen LogP contribution in [0, 0.1) is 5.82 Å². The molecule has 4 nitrogen and oxygen atoms in total. The first-order chi connectivity index (χ1) is 10.3. The van der Waals surface area contributed by atoms with E-state index in [0.29, 0.717) is 18.3 Å². The molecule has 0 saturated carbocycles. The van der Waals surface area contributed by atoms with Gasteiger partial charge in [-0.25, -0.2) is 9.37 Å². The summed E-state index contributed by atoms with van der Waals surface area (Å²) in [5.74, 6) is 0.515. The zero-order valence-electron chi connectivity index (χ0n) is 12.1. The van der Waals surface area contributed by atoms with Crippen molar-refractivity contribution in [2.24, 2.45) is 0 Å². The molecule has 3 rings (SSSR count). The van der Waals surface area contributed by atoms with E-state index in [1.54, 1.807) is 0 Å². The minimum absolute atomic E-state index is 0.364. The minimum Gasteiger partial charge on any atom is -0.354 e. The second kappa shape index (κ2) is 6.08. The van der Waals surface area contributed by atoms with E-state index in [0.717, 1.165) is 25.9 Å². The molecule has 5 heteroatoms. The zero-order chi connectivity index (χ0) is 14.7. The van der Waals surface area contributed by atoms with Crippen LogP contribution in [0.25, 0.3) is 0 Å². The van der Waals surface area contributed by atoms with Gasteiger partial charge >= 0.3 is 0 Å². The number of nitrogens with one attached hydrogen (secondary N) is 1. The molecule has 0 saturated heterocycles. The Hall–Kier alpha value is -2.17. The summed E-state index contributed by atoms with van der Waals surface area (Å²) in [6.45, 7) is 4.32. The summed E-state index contributed by atoms with van der Waals surface area (Å²) in [4.78, 5) is 10.3. The molecule has 1 aromatic carbocycles. The molecule has 0 atom stereocenters. The van der Waals surface area contributed by atoms with Crippen molar-refractivity contribution in [3.05, 3.63) is 47.4 Å². The Bertz CT molecular complexity index is 629. The van der Waals surface area contributed by atoms with E-state index < -0.39 is 0 Å². The molecule has 1 aliphatic heterocycles. The summed E-state index contributed by atoms with van der Waals surface area (Å²) in [5, 5.41) is 3.10. The van der Waals surface area contributed by atoms with Gasteiger partial charge in [0, 0.05) is 19.6 Å². The normalized spacial score (nSPS) is 13.9. The summed E-state index contributed by atoms with van der Waals surface area (Å²) >= 11 is 0. The van der Waals surface area contributed by atoms with Gasteiger partial charge in [-0.3, -0.25) is 0 Å². The number of hydrogen-bond donors (Lipinski definition) is 1. The average molecular weight is 286 g/mol. The quantitative estimate of drug-likeness (QED) is 0.938. The van der Waals surface area contributed by atoms with Crippen LogP contribution in [0.2, 0.25) is 0 Å². The Balaban J connectivity index is 1.84. The highest BCUT2D eigenvalue weighted by molar-refractivity contribution is 5.47. The van der Waals surface area contributed by atoms with E-state index in [-0.39, 0.29) is 5.82 Å². The fraction of sp³-hybridized carbons (Fsp3) is 0.375. The SMILES string of the molecule is CCCNc1ncc(F)c(N2CCc3ccccc3C2)n1. The van der Waals surface area contributed by atoms with Gasteiger partial charge in [0.05, 0.1) is 6.20 Å². The van der Waals surface area contributed by atoms with Crippen LogP contribution in [0.5, 0.6) is 0 Å². The topological polar surface area (TPSA) is 41.1 Å². The number of rotatable bonds is 4. The van der Waals surface area contributed by atoms with Gasteiger partial charge in [0.2, 0.25) is 5.95 Å². The van der Waals surface area contributed by atoms with E-state index in [1.165, 1.54) is 17.3 Å². The highest BCUT2D eigenvalue weighted by Gasteiger charge is 2.20. The average Bonchev–Trinajstić information content (AvgIpc) is 2.53. The second-order valence-electron chi connectivity index (χ2n) is 5.23. The Kier molecular flexibility index (Phi) is 3.99. The summed E-state index contributed by atoms with van der Waals surface area (Å²) in [6, 6.07) is 8.30. The molecule has 21 heavy (non-hydrogen) atoms. The predicted molar refractivity (Wildman–Crippen MR) is 82.0 cm³/mol. The standard InChI is InChI=1S/C16H19FN4/c1-2-8-18-16-19-10-14(17)15(20-16)21-9-7-12-5-3-4-6-13(12)11-21/h3-6,10H,2,7-9,11H2,1H3,(H,18,19,20). The fourth-order valence-corrected chi connectivity index (χ4v) is 2.58. The lowest BCUT2D eigenvalue weighted by molar-refractivity contribution is 0.594. The molecule has 0 bridgehead atoms. The molecule has 0 unspecified atom stereocenters. The number of hydrogen-bond acceptors (Lipinski definition) is 4. The molecule has 1 N–H and O–H groups in total. The molecule has 0 spiro atoms. The summed E-state index contributed by atoms with van der Waals surface area (Å²) in [7, 11) is 0. The number of fused-ring (bicyclic) bond motifs is 1. The van der Waals surface area contributed by atoms with Crippen molar-refractivity contribution in [3.8, 4) is 0 Å². The van der Waals surface area contributed by atoms with Gasteiger partial charge in [-0.15, -0.1) is 0 Å². The van der Waals surface area contributed by atoms with Crippen LogP contribution in [0.1, 0.15) is 24.5 Å². The van der Waals surface area contributed by atoms with E-state index in [1.807, 2.05) is 17.0 Å². The lowest BCUT2D eigenvalue weighted by atomic mass is 10.00. The number of halogens is 1. The first-order valence-corrected chi connectivity index (χ1v) is 7.36. The van der Waals surface area contributed by atoms with Crippen LogP contribution in [0.15, 0.2) is 30.5 Å². The van der Waals surface area contributed by atoms with Gasteiger partial charge in [0.15, 0.2) is 11.6 Å². The molecule has 2 aromatic rings. The molecule has 2 heterocycles. The van der Waals surface area contributed by atoms with Crippen molar-refractivity contribution in [1.82, 2.24) is 9.97 Å². The van der Waals surface area contributed by atoms with Crippen LogP contribution in [-0.4, -0.2) is 23.1 Å². The summed E-state index contributed by atoms with van der Waals surface area (Å²) < 4.78 is 14.1. The van der Waals surface area contributed by atoms with E-state index >= 15 is 0 Å². The van der Waals surface area contributed by atoms with Gasteiger partial charge < -0.3 is 10.2 Å². The largest absolute Gasteiger partial charge is 0.354 e. The third-order valence-electron chi connectivity index (χ3n) is 3.69. The summed E-state index contributed by atoms with van der Waals surface area (Å²) in [6.07, 6.45) is 3.14. The van der Waals surface area contributed by atoms with E-state index in [9.17, 15) is 4.39 Å². The third-order valence-corrected chi connectivity index (χ3v) is 3.69. The molecule has 110 valence electrons. The van der Waals surface area contributed by atoms with Crippen LogP contribution in [0.3, 0.4) is 0 Å². The van der Waals surface area contributed by atoms with Gasteiger partial charge in [0.25, 0.3) is 0 Å². The maximum atomic E-state index is 14.1. The molecule has 1 aromatic heterocycles. The summed E-state index contributed by atoms with van der Waals surface area (Å²) in [5.41, 5.74) is 2.58. The van der Waals surface area contributed by atoms with Gasteiger partial charge in [-0.2, -0.15) is 4.98 Å². The van der Waals surface area contributed by atoms with Crippen LogP contribution in [-0.2, 0) is 13.0 Å². The van der Waals surface area contributed by atoms with Crippen molar-refractivity contribution in [2.75, 3.05) is 23.3 Å². The predicted octanol–water partition coefficient (Wildman–Crippen LogP) is 3.00. The van der Waals surface area contributed by atoms with Gasteiger partial charge in [-0.05, 0) is 24.0 Å². The number of anilines is 2. The van der Waals surface area contributed by atoms with Crippen molar-refractivity contribution >= 4 is 11.8 Å². The smallest absolute Gasteiger partial charge is 0.224 e. The number of aromatic nitrogens is 2. The lowest BCUT2D eigenvalue weighted by Gasteiger charge is -2.30.